The van der Waals surface area contributed by atoms with E-state index in [1.54, 1.807) is 0 Å². The molecular formula is C25H37FN4O. The van der Waals surface area contributed by atoms with Crippen molar-refractivity contribution < 1.29 is 9.50 Å². The molecule has 2 unspecified atom stereocenters. The predicted molar refractivity (Wildman–Crippen MR) is 125 cm³/mol. The Balaban J connectivity index is 2.20. The molecule has 3 heterocycles. The number of hydrogen-bond acceptors (Lipinski definition) is 3. The summed E-state index contributed by atoms with van der Waals surface area (Å²) in [5, 5.41) is 11.3. The van der Waals surface area contributed by atoms with Gasteiger partial charge in [-0.2, -0.15) is 0 Å². The molecule has 0 amide bonds. The van der Waals surface area contributed by atoms with Gasteiger partial charge in [0.05, 0.1) is 17.6 Å². The van der Waals surface area contributed by atoms with Gasteiger partial charge in [0.15, 0.2) is 0 Å². The number of rotatable bonds is 12. The fourth-order valence-corrected chi connectivity index (χ4v) is 4.62. The highest BCUT2D eigenvalue weighted by Crippen LogP contribution is 2.39. The molecule has 3 aromatic rings. The highest BCUT2D eigenvalue weighted by atomic mass is 19.1. The molecule has 0 radical (unpaired) electrons. The molecule has 2 atom stereocenters. The number of aliphatic hydroxyl groups is 1. The second-order valence-electron chi connectivity index (χ2n) is 8.60. The second-order valence-corrected chi connectivity index (χ2v) is 8.60. The van der Waals surface area contributed by atoms with Gasteiger partial charge in [-0.05, 0) is 44.2 Å². The van der Waals surface area contributed by atoms with Crippen LogP contribution in [-0.2, 0) is 6.61 Å². The third-order valence-electron chi connectivity index (χ3n) is 6.30. The Hall–Kier alpha value is -2.21. The number of imidazole rings is 1. The number of pyridine rings is 1. The zero-order valence-corrected chi connectivity index (χ0v) is 19.4. The molecule has 5 nitrogen and oxygen atoms in total. The zero-order chi connectivity index (χ0) is 22.4. The van der Waals surface area contributed by atoms with E-state index < -0.39 is 6.17 Å². The van der Waals surface area contributed by atoms with Gasteiger partial charge in [0.25, 0.3) is 0 Å². The van der Waals surface area contributed by atoms with Crippen LogP contribution in [0, 0.1) is 0 Å². The number of nitrogens with zero attached hydrogens (tertiary/aromatic N) is 3. The quantitative estimate of drug-likeness (QED) is 0.338. The third kappa shape index (κ3) is 5.00. The summed E-state index contributed by atoms with van der Waals surface area (Å²) in [6, 6.07) is 4.36. The highest BCUT2D eigenvalue weighted by Gasteiger charge is 2.27. The number of hydrogen-bond donors (Lipinski definition) is 2. The van der Waals surface area contributed by atoms with E-state index in [0.29, 0.717) is 18.7 Å². The van der Waals surface area contributed by atoms with Gasteiger partial charge >= 0.3 is 0 Å². The summed E-state index contributed by atoms with van der Waals surface area (Å²) in [6.45, 7) is 8.31. The van der Waals surface area contributed by atoms with Crippen molar-refractivity contribution >= 4 is 11.0 Å². The number of halogens is 1. The van der Waals surface area contributed by atoms with Crippen LogP contribution in [0.3, 0.4) is 0 Å². The van der Waals surface area contributed by atoms with Gasteiger partial charge in [-0.15, -0.1) is 0 Å². The van der Waals surface area contributed by atoms with E-state index in [9.17, 15) is 9.50 Å². The number of alkyl halides is 1. The van der Waals surface area contributed by atoms with Crippen LogP contribution in [0.4, 0.5) is 4.39 Å². The summed E-state index contributed by atoms with van der Waals surface area (Å²) < 4.78 is 16.3. The van der Waals surface area contributed by atoms with E-state index in [0.717, 1.165) is 60.1 Å². The van der Waals surface area contributed by atoms with E-state index >= 15 is 0 Å². The molecule has 0 bridgehead atoms. The van der Waals surface area contributed by atoms with Gasteiger partial charge in [-0.1, -0.05) is 40.5 Å². The average Bonchev–Trinajstić information content (AvgIpc) is 3.41. The van der Waals surface area contributed by atoms with Crippen molar-refractivity contribution in [2.24, 2.45) is 0 Å². The molecule has 170 valence electrons. The van der Waals surface area contributed by atoms with Crippen LogP contribution in [0.2, 0.25) is 0 Å². The second kappa shape index (κ2) is 10.9. The topological polar surface area (TPSA) is 66.7 Å². The summed E-state index contributed by atoms with van der Waals surface area (Å²) in [7, 11) is 0. The Bertz CT molecular complexity index is 958. The van der Waals surface area contributed by atoms with Crippen LogP contribution in [0.5, 0.6) is 0 Å². The fourth-order valence-electron chi connectivity index (χ4n) is 4.62. The van der Waals surface area contributed by atoms with Crippen LogP contribution in [-0.4, -0.2) is 30.8 Å². The number of aromatic nitrogens is 4. The SMILES string of the molecule is CCCC(CCC)n1c(CO)nc(C(C)CCC(F)CC)c1-c1ccnc2[nH]ccc12. The molecule has 6 heteroatoms. The van der Waals surface area contributed by atoms with E-state index in [1.807, 2.05) is 31.5 Å². The molecule has 0 aliphatic rings. The predicted octanol–water partition coefficient (Wildman–Crippen LogP) is 6.69. The van der Waals surface area contributed by atoms with Gasteiger partial charge in [-0.25, -0.2) is 14.4 Å². The zero-order valence-electron chi connectivity index (χ0n) is 19.4. The maximum absolute atomic E-state index is 14.0. The summed E-state index contributed by atoms with van der Waals surface area (Å²) >= 11 is 0. The lowest BCUT2D eigenvalue weighted by molar-refractivity contribution is 0.257. The molecule has 0 aromatic carbocycles. The summed E-state index contributed by atoms with van der Waals surface area (Å²) in [4.78, 5) is 12.6. The first-order valence-electron chi connectivity index (χ1n) is 11.8. The van der Waals surface area contributed by atoms with Crippen molar-refractivity contribution in [2.75, 3.05) is 0 Å². The average molecular weight is 429 g/mol. The molecule has 0 fully saturated rings. The van der Waals surface area contributed by atoms with E-state index in [2.05, 4.69) is 35.3 Å². The van der Waals surface area contributed by atoms with Gasteiger partial charge in [0.2, 0.25) is 0 Å². The summed E-state index contributed by atoms with van der Waals surface area (Å²) in [5.74, 6) is 0.800. The van der Waals surface area contributed by atoms with Crippen LogP contribution >= 0.6 is 0 Å². The largest absolute Gasteiger partial charge is 0.388 e. The van der Waals surface area contributed by atoms with E-state index in [-0.39, 0.29) is 18.6 Å². The molecule has 2 N–H and O–H groups in total. The Kier molecular flexibility index (Phi) is 8.24. The highest BCUT2D eigenvalue weighted by molar-refractivity contribution is 5.92. The summed E-state index contributed by atoms with van der Waals surface area (Å²) in [5.41, 5.74) is 3.93. The standard InChI is InChI=1S/C25H37FN4O/c1-5-8-19(9-6-2)30-22(16-31)29-23(17(4)10-11-18(26)7-3)24(30)20-12-14-27-25-21(20)13-15-28-25/h12-15,17-19,31H,5-11,16H2,1-4H3,(H,27,28). The molecule has 31 heavy (non-hydrogen) atoms. The Labute approximate surface area is 185 Å². The van der Waals surface area contributed by atoms with Gasteiger partial charge in [0.1, 0.15) is 18.1 Å². The first kappa shape index (κ1) is 23.5. The number of H-pyrrole nitrogens is 1. The molecular weight excluding hydrogens is 391 g/mol. The molecule has 3 aromatic heterocycles. The maximum atomic E-state index is 14.0. The number of aliphatic hydroxyl groups excluding tert-OH is 1. The lowest BCUT2D eigenvalue weighted by Gasteiger charge is -2.24. The molecule has 0 saturated carbocycles. The minimum absolute atomic E-state index is 0.0948. The van der Waals surface area contributed by atoms with Gasteiger partial charge in [-0.3, -0.25) is 0 Å². The van der Waals surface area contributed by atoms with Crippen LogP contribution in [0.15, 0.2) is 24.5 Å². The minimum Gasteiger partial charge on any atom is -0.388 e. The van der Waals surface area contributed by atoms with Crippen molar-refractivity contribution in [1.29, 1.82) is 0 Å². The minimum atomic E-state index is -0.782. The van der Waals surface area contributed by atoms with Gasteiger partial charge < -0.3 is 14.7 Å². The Morgan fingerprint density at radius 2 is 1.84 bits per heavy atom. The number of aromatic amines is 1. The van der Waals surface area contributed by atoms with Crippen molar-refractivity contribution in [3.8, 4) is 11.3 Å². The smallest absolute Gasteiger partial charge is 0.137 e. The number of fused-ring (bicyclic) bond motifs is 1. The Morgan fingerprint density at radius 3 is 2.48 bits per heavy atom. The first-order valence-corrected chi connectivity index (χ1v) is 11.8. The lowest BCUT2D eigenvalue weighted by Crippen LogP contribution is -2.14. The molecule has 3 rings (SSSR count). The van der Waals surface area contributed by atoms with Crippen LogP contribution < -0.4 is 0 Å². The Morgan fingerprint density at radius 1 is 1.10 bits per heavy atom. The van der Waals surface area contributed by atoms with Crippen molar-refractivity contribution in [3.05, 3.63) is 36.0 Å². The van der Waals surface area contributed by atoms with Crippen LogP contribution in [0.25, 0.3) is 22.3 Å². The molecule has 0 aliphatic heterocycles. The normalized spacial score (nSPS) is 13.9. The third-order valence-corrected chi connectivity index (χ3v) is 6.30. The molecule has 0 saturated heterocycles. The van der Waals surface area contributed by atoms with E-state index in [1.165, 1.54) is 0 Å². The molecule has 0 aliphatic carbocycles. The number of nitrogens with one attached hydrogen (secondary N) is 1. The summed E-state index contributed by atoms with van der Waals surface area (Å²) in [6.07, 6.45) is 8.93. The molecule has 0 spiro atoms. The van der Waals surface area contributed by atoms with Crippen LogP contribution in [0.1, 0.15) is 96.1 Å². The van der Waals surface area contributed by atoms with Crippen molar-refractivity contribution in [1.82, 2.24) is 19.5 Å². The van der Waals surface area contributed by atoms with E-state index in [4.69, 9.17) is 4.98 Å². The lowest BCUT2D eigenvalue weighted by atomic mass is 9.94. The fraction of sp³-hybridized carbons (Fsp3) is 0.600. The van der Waals surface area contributed by atoms with Crippen molar-refractivity contribution in [2.45, 2.75) is 97.4 Å². The first-order chi connectivity index (χ1) is 15.0. The van der Waals surface area contributed by atoms with Crippen molar-refractivity contribution in [3.63, 3.8) is 0 Å². The maximum Gasteiger partial charge on any atom is 0.137 e. The van der Waals surface area contributed by atoms with Gasteiger partial charge in [0, 0.05) is 35.3 Å². The monoisotopic (exact) mass is 428 g/mol.